The summed E-state index contributed by atoms with van der Waals surface area (Å²) in [5, 5.41) is 4.00. The monoisotopic (exact) mass is 595 g/mol. The van der Waals surface area contributed by atoms with Crippen LogP contribution in [0.1, 0.15) is 64.2 Å². The number of fused-ring (bicyclic) bond motifs is 1. The van der Waals surface area contributed by atoms with Gasteiger partial charge < -0.3 is 24.5 Å². The van der Waals surface area contributed by atoms with E-state index in [2.05, 4.69) is 68.8 Å². The average molecular weight is 596 g/mol. The first-order valence-corrected chi connectivity index (χ1v) is 16.0. The Morgan fingerprint density at radius 1 is 1.00 bits per heavy atom. The van der Waals surface area contributed by atoms with Gasteiger partial charge in [0.25, 0.3) is 11.5 Å². The molecule has 1 atom stereocenters. The highest BCUT2D eigenvalue weighted by molar-refractivity contribution is 6.08. The van der Waals surface area contributed by atoms with Crippen molar-refractivity contribution in [2.75, 3.05) is 44.3 Å². The lowest BCUT2D eigenvalue weighted by Crippen LogP contribution is -2.36. The molecule has 0 saturated carbocycles. The maximum absolute atomic E-state index is 13.6. The molecule has 0 bridgehead atoms. The summed E-state index contributed by atoms with van der Waals surface area (Å²) in [6.45, 7) is 15.0. The van der Waals surface area contributed by atoms with Gasteiger partial charge in [0.1, 0.15) is 0 Å². The van der Waals surface area contributed by atoms with Crippen LogP contribution in [-0.2, 0) is 17.8 Å². The Labute approximate surface area is 260 Å². The van der Waals surface area contributed by atoms with Crippen LogP contribution in [0.2, 0.25) is 0 Å². The molecule has 2 aromatic carbocycles. The summed E-state index contributed by atoms with van der Waals surface area (Å²) in [7, 11) is 0. The molecular formula is C36H45N5O3. The number of benzene rings is 2. The van der Waals surface area contributed by atoms with Gasteiger partial charge >= 0.3 is 0 Å². The van der Waals surface area contributed by atoms with Crippen molar-refractivity contribution in [2.24, 2.45) is 5.92 Å². The Bertz CT molecular complexity index is 1670. The number of morpholine rings is 1. The number of carbonyl (C=O) groups excluding carboxylic acids is 1. The molecule has 44 heavy (non-hydrogen) atoms. The predicted molar refractivity (Wildman–Crippen MR) is 177 cm³/mol. The van der Waals surface area contributed by atoms with Gasteiger partial charge in [-0.15, -0.1) is 0 Å². The van der Waals surface area contributed by atoms with E-state index in [4.69, 9.17) is 4.74 Å². The Morgan fingerprint density at radius 3 is 2.41 bits per heavy atom. The molecule has 2 aliphatic heterocycles. The molecule has 1 amide bonds. The van der Waals surface area contributed by atoms with Crippen LogP contribution in [0.5, 0.6) is 0 Å². The number of hydrogen-bond acceptors (Lipinski definition) is 5. The number of amides is 1. The van der Waals surface area contributed by atoms with Crippen molar-refractivity contribution in [3.63, 3.8) is 0 Å². The summed E-state index contributed by atoms with van der Waals surface area (Å²) in [5.74, 6) is 0.363. The fourth-order valence-corrected chi connectivity index (χ4v) is 7.24. The fraction of sp³-hybridized carbons (Fsp3) is 0.444. The summed E-state index contributed by atoms with van der Waals surface area (Å²) in [4.78, 5) is 34.0. The number of aromatic amines is 1. The van der Waals surface area contributed by atoms with Crippen LogP contribution in [0, 0.1) is 26.7 Å². The largest absolute Gasteiger partial charge is 0.379 e. The topological polar surface area (TPSA) is 82.6 Å². The lowest BCUT2D eigenvalue weighted by Gasteiger charge is -2.37. The SMILES string of the molecule is Cc1cc(C)c(CNC(=O)c2c(C)n([C@H](C)C3CCN(c4ccc(CN5CCOCC5)cc4)CC3)c3ccccc23)c(=O)[nH]1. The van der Waals surface area contributed by atoms with Crippen molar-refractivity contribution >= 4 is 22.5 Å². The number of rotatable bonds is 8. The minimum absolute atomic E-state index is 0.143. The molecule has 2 aromatic heterocycles. The maximum atomic E-state index is 13.6. The second-order valence-electron chi connectivity index (χ2n) is 12.6. The van der Waals surface area contributed by atoms with Gasteiger partial charge in [-0.25, -0.2) is 0 Å². The van der Waals surface area contributed by atoms with Crippen LogP contribution >= 0.6 is 0 Å². The third-order valence-electron chi connectivity index (χ3n) is 9.74. The first-order chi connectivity index (χ1) is 21.3. The lowest BCUT2D eigenvalue weighted by molar-refractivity contribution is 0.0342. The summed E-state index contributed by atoms with van der Waals surface area (Å²) in [6, 6.07) is 19.5. The Kier molecular flexibility index (Phi) is 8.91. The van der Waals surface area contributed by atoms with Crippen molar-refractivity contribution in [3.8, 4) is 0 Å². The van der Waals surface area contributed by atoms with E-state index in [9.17, 15) is 9.59 Å². The van der Waals surface area contributed by atoms with Gasteiger partial charge in [-0.05, 0) is 81.8 Å². The smallest absolute Gasteiger partial charge is 0.254 e. The summed E-state index contributed by atoms with van der Waals surface area (Å²) in [6.07, 6.45) is 2.19. The molecule has 0 unspecified atom stereocenters. The van der Waals surface area contributed by atoms with Crippen molar-refractivity contribution in [1.29, 1.82) is 0 Å². The number of para-hydroxylation sites is 1. The van der Waals surface area contributed by atoms with E-state index in [1.54, 1.807) is 0 Å². The maximum Gasteiger partial charge on any atom is 0.254 e. The molecule has 2 saturated heterocycles. The predicted octanol–water partition coefficient (Wildman–Crippen LogP) is 5.49. The highest BCUT2D eigenvalue weighted by Gasteiger charge is 2.29. The number of pyridine rings is 1. The average Bonchev–Trinajstić information content (AvgIpc) is 3.32. The third-order valence-corrected chi connectivity index (χ3v) is 9.74. The van der Waals surface area contributed by atoms with E-state index in [-0.39, 0.29) is 24.1 Å². The number of nitrogens with zero attached hydrogens (tertiary/aromatic N) is 3. The molecule has 232 valence electrons. The standard InChI is InChI=1S/C36H45N5O3/c1-24-21-25(2)38-35(42)32(24)22-37-36(43)34-27(4)41(33-8-6-5-7-31(33)34)26(3)29-13-15-40(16-14-29)30-11-9-28(10-12-30)23-39-17-19-44-20-18-39/h5-12,21,26,29H,13-20,22-23H2,1-4H3,(H,37,43)(H,38,42)/t26-/m1/s1. The molecule has 2 N–H and O–H groups in total. The number of nitrogens with one attached hydrogen (secondary N) is 2. The van der Waals surface area contributed by atoms with E-state index in [1.165, 1.54) is 11.3 Å². The van der Waals surface area contributed by atoms with E-state index >= 15 is 0 Å². The Hall–Kier alpha value is -3.88. The number of anilines is 1. The second-order valence-corrected chi connectivity index (χ2v) is 12.6. The Balaban J connectivity index is 1.14. The molecule has 2 fully saturated rings. The van der Waals surface area contributed by atoms with Crippen LogP contribution in [0.15, 0.2) is 59.4 Å². The zero-order valence-electron chi connectivity index (χ0n) is 26.5. The first kappa shape index (κ1) is 30.2. The number of H-pyrrole nitrogens is 1. The molecule has 0 aliphatic carbocycles. The van der Waals surface area contributed by atoms with Gasteiger partial charge in [0.15, 0.2) is 0 Å². The van der Waals surface area contributed by atoms with E-state index in [1.807, 2.05) is 38.1 Å². The molecule has 4 aromatic rings. The van der Waals surface area contributed by atoms with Crippen LogP contribution in [0.3, 0.4) is 0 Å². The van der Waals surface area contributed by atoms with Crippen molar-refractivity contribution in [3.05, 3.63) is 98.6 Å². The summed E-state index contributed by atoms with van der Waals surface area (Å²) >= 11 is 0. The number of hydrogen-bond donors (Lipinski definition) is 2. The van der Waals surface area contributed by atoms with Crippen molar-refractivity contribution in [1.82, 2.24) is 19.8 Å². The highest BCUT2D eigenvalue weighted by Crippen LogP contribution is 2.36. The van der Waals surface area contributed by atoms with Gasteiger partial charge in [-0.2, -0.15) is 0 Å². The van der Waals surface area contributed by atoms with Gasteiger partial charge in [-0.1, -0.05) is 30.3 Å². The Morgan fingerprint density at radius 2 is 1.70 bits per heavy atom. The summed E-state index contributed by atoms with van der Waals surface area (Å²) < 4.78 is 7.86. The number of aryl methyl sites for hydroxylation is 2. The zero-order valence-corrected chi connectivity index (χ0v) is 26.5. The quantitative estimate of drug-likeness (QED) is 0.281. The number of aromatic nitrogens is 2. The van der Waals surface area contributed by atoms with Gasteiger partial charge in [0.2, 0.25) is 0 Å². The van der Waals surface area contributed by atoms with Crippen LogP contribution in [-0.4, -0.2) is 59.8 Å². The van der Waals surface area contributed by atoms with E-state index < -0.39 is 0 Å². The number of carbonyl (C=O) groups is 1. The molecule has 4 heterocycles. The lowest BCUT2D eigenvalue weighted by atomic mass is 9.89. The van der Waals surface area contributed by atoms with Gasteiger partial charge in [0.05, 0.1) is 18.8 Å². The first-order valence-electron chi connectivity index (χ1n) is 16.0. The van der Waals surface area contributed by atoms with Crippen LogP contribution in [0.4, 0.5) is 5.69 Å². The number of ether oxygens (including phenoxy) is 1. The minimum atomic E-state index is -0.147. The third kappa shape index (κ3) is 6.19. The van der Waals surface area contributed by atoms with Gasteiger partial charge in [-0.3, -0.25) is 14.5 Å². The molecule has 6 rings (SSSR count). The normalized spacial score (nSPS) is 17.2. The molecular weight excluding hydrogens is 550 g/mol. The fourth-order valence-electron chi connectivity index (χ4n) is 7.24. The van der Waals surface area contributed by atoms with Gasteiger partial charge in [0, 0.05) is 78.9 Å². The molecule has 8 heteroatoms. The van der Waals surface area contributed by atoms with Crippen molar-refractivity contribution in [2.45, 2.75) is 59.7 Å². The molecule has 0 radical (unpaired) electrons. The summed E-state index contributed by atoms with van der Waals surface area (Å²) in [5.41, 5.74) is 7.56. The molecule has 0 spiro atoms. The van der Waals surface area contributed by atoms with Crippen LogP contribution in [0.25, 0.3) is 10.9 Å². The number of piperidine rings is 1. The minimum Gasteiger partial charge on any atom is -0.379 e. The molecule has 2 aliphatic rings. The highest BCUT2D eigenvalue weighted by atomic mass is 16.5. The van der Waals surface area contributed by atoms with Crippen molar-refractivity contribution < 1.29 is 9.53 Å². The zero-order chi connectivity index (χ0) is 30.8. The second kappa shape index (κ2) is 13.0. The van der Waals surface area contributed by atoms with E-state index in [0.29, 0.717) is 17.0 Å². The van der Waals surface area contributed by atoms with E-state index in [0.717, 1.165) is 86.6 Å². The molecule has 8 nitrogen and oxygen atoms in total. The van der Waals surface area contributed by atoms with Crippen LogP contribution < -0.4 is 15.8 Å².